The lowest BCUT2D eigenvalue weighted by Gasteiger charge is -2.35. The fraction of sp³-hybridized carbons (Fsp3) is 0.706. The molecule has 4 heterocycles. The molecule has 0 unspecified atom stereocenters. The highest BCUT2D eigenvalue weighted by atomic mass is 19.3. The first-order chi connectivity index (χ1) is 11.4. The van der Waals surface area contributed by atoms with E-state index >= 15 is 0 Å². The molecule has 2 bridgehead atoms. The van der Waals surface area contributed by atoms with Crippen LogP contribution in [0.1, 0.15) is 57.0 Å². The van der Waals surface area contributed by atoms with Crippen LogP contribution in [0.5, 0.6) is 0 Å². The van der Waals surface area contributed by atoms with E-state index in [1.54, 1.807) is 4.52 Å². The number of alkyl halides is 2. The van der Waals surface area contributed by atoms with Gasteiger partial charge in [-0.3, -0.25) is 0 Å². The van der Waals surface area contributed by atoms with E-state index in [0.29, 0.717) is 29.2 Å². The predicted molar refractivity (Wildman–Crippen MR) is 87.6 cm³/mol. The van der Waals surface area contributed by atoms with Crippen molar-refractivity contribution >= 4 is 11.6 Å². The van der Waals surface area contributed by atoms with Crippen molar-refractivity contribution < 1.29 is 8.78 Å². The van der Waals surface area contributed by atoms with Crippen molar-refractivity contribution in [2.45, 2.75) is 76.8 Å². The van der Waals surface area contributed by atoms with E-state index in [4.69, 9.17) is 0 Å². The Morgan fingerprint density at radius 3 is 2.54 bits per heavy atom. The molecule has 0 aliphatic carbocycles. The normalized spacial score (nSPS) is 24.1. The molecule has 2 saturated heterocycles. The third-order valence-electron chi connectivity index (χ3n) is 5.21. The zero-order valence-electron chi connectivity index (χ0n) is 14.2. The van der Waals surface area contributed by atoms with Gasteiger partial charge in [-0.25, -0.2) is 13.8 Å². The summed E-state index contributed by atoms with van der Waals surface area (Å²) in [7, 11) is 0. The van der Waals surface area contributed by atoms with Crippen molar-refractivity contribution in [3.05, 3.63) is 17.6 Å². The molecule has 2 aromatic heterocycles. The summed E-state index contributed by atoms with van der Waals surface area (Å²) in [5.41, 5.74) is 1.36. The average molecular weight is 335 g/mol. The van der Waals surface area contributed by atoms with Gasteiger partial charge in [0.05, 0.1) is 5.69 Å². The Morgan fingerprint density at radius 2 is 1.88 bits per heavy atom. The quantitative estimate of drug-likeness (QED) is 0.857. The lowest BCUT2D eigenvalue weighted by atomic mass is 10.0. The third-order valence-corrected chi connectivity index (χ3v) is 5.21. The minimum absolute atomic E-state index is 0.201. The molecule has 2 fully saturated rings. The van der Waals surface area contributed by atoms with E-state index in [-0.39, 0.29) is 12.8 Å². The molecule has 0 radical (unpaired) electrons. The van der Waals surface area contributed by atoms with Crippen LogP contribution in [0, 0.1) is 6.92 Å². The number of piperidine rings is 1. The van der Waals surface area contributed by atoms with Crippen LogP contribution in [-0.2, 0) is 6.42 Å². The monoisotopic (exact) mass is 335 g/mol. The first kappa shape index (κ1) is 15.7. The largest absolute Gasteiger partial charge is 0.335 e. The maximum Gasteiger partial charge on any atom is 0.245 e. The third kappa shape index (κ3) is 2.84. The summed E-state index contributed by atoms with van der Waals surface area (Å²) in [6.45, 7) is 2.83. The number of hydrogen-bond donors (Lipinski definition) is 0. The van der Waals surface area contributed by atoms with Crippen molar-refractivity contribution in [3.63, 3.8) is 0 Å². The summed E-state index contributed by atoms with van der Waals surface area (Å²) >= 11 is 0. The van der Waals surface area contributed by atoms with Gasteiger partial charge in [-0.2, -0.15) is 14.6 Å². The maximum atomic E-state index is 13.1. The summed E-state index contributed by atoms with van der Waals surface area (Å²) in [4.78, 5) is 11.5. The van der Waals surface area contributed by atoms with Crippen LogP contribution >= 0.6 is 0 Å². The van der Waals surface area contributed by atoms with Crippen molar-refractivity contribution in [2.75, 3.05) is 4.90 Å². The molecule has 24 heavy (non-hydrogen) atoms. The molecule has 7 heteroatoms. The maximum absolute atomic E-state index is 13.1. The molecular formula is C17H23F2N5. The SMILES string of the molecule is Cc1nc(N2[C@@H]3CCC[C@H]2CC3)n2nc(CCC(C)(F)F)cc2n1. The Labute approximate surface area is 140 Å². The number of aromatic nitrogens is 4. The second-order valence-corrected chi connectivity index (χ2v) is 7.27. The number of halogens is 2. The van der Waals surface area contributed by atoms with Crippen molar-refractivity contribution in [2.24, 2.45) is 0 Å². The zero-order chi connectivity index (χ0) is 16.9. The predicted octanol–water partition coefficient (Wildman–Crippen LogP) is 3.54. The van der Waals surface area contributed by atoms with E-state index in [1.165, 1.54) is 32.1 Å². The summed E-state index contributed by atoms with van der Waals surface area (Å²) in [6.07, 6.45) is 6.10. The van der Waals surface area contributed by atoms with Crippen LogP contribution in [-0.4, -0.2) is 37.6 Å². The fourth-order valence-electron chi connectivity index (χ4n) is 4.11. The van der Waals surface area contributed by atoms with Gasteiger partial charge in [0.2, 0.25) is 11.9 Å². The van der Waals surface area contributed by atoms with E-state index in [0.717, 1.165) is 12.9 Å². The Bertz CT molecular complexity index is 735. The summed E-state index contributed by atoms with van der Waals surface area (Å²) < 4.78 is 28.0. The van der Waals surface area contributed by atoms with Gasteiger partial charge in [-0.15, -0.1) is 0 Å². The molecule has 2 aromatic rings. The first-order valence-corrected chi connectivity index (χ1v) is 8.80. The van der Waals surface area contributed by atoms with Gasteiger partial charge in [0.1, 0.15) is 5.82 Å². The van der Waals surface area contributed by atoms with Crippen LogP contribution in [0.4, 0.5) is 14.7 Å². The smallest absolute Gasteiger partial charge is 0.245 e. The molecule has 0 spiro atoms. The molecular weight excluding hydrogens is 312 g/mol. The van der Waals surface area contributed by atoms with Gasteiger partial charge in [0, 0.05) is 24.6 Å². The number of anilines is 1. The molecule has 130 valence electrons. The number of rotatable bonds is 4. The molecule has 0 N–H and O–H groups in total. The van der Waals surface area contributed by atoms with Crippen LogP contribution in [0.15, 0.2) is 6.07 Å². The molecule has 2 aliphatic rings. The van der Waals surface area contributed by atoms with E-state index in [9.17, 15) is 8.78 Å². The van der Waals surface area contributed by atoms with Crippen LogP contribution in [0.2, 0.25) is 0 Å². The fourth-order valence-corrected chi connectivity index (χ4v) is 4.11. The molecule has 5 nitrogen and oxygen atoms in total. The number of nitrogens with zero attached hydrogens (tertiary/aromatic N) is 5. The highest BCUT2D eigenvalue weighted by Crippen LogP contribution is 2.38. The number of hydrogen-bond acceptors (Lipinski definition) is 4. The van der Waals surface area contributed by atoms with Gasteiger partial charge in [-0.05, 0) is 52.4 Å². The molecule has 2 atom stereocenters. The van der Waals surface area contributed by atoms with E-state index in [2.05, 4.69) is 20.0 Å². The molecule has 0 amide bonds. The summed E-state index contributed by atoms with van der Waals surface area (Å²) in [6, 6.07) is 2.86. The molecule has 4 rings (SSSR count). The van der Waals surface area contributed by atoms with Gasteiger partial charge < -0.3 is 4.90 Å². The van der Waals surface area contributed by atoms with Gasteiger partial charge in [-0.1, -0.05) is 0 Å². The molecule has 0 saturated carbocycles. The van der Waals surface area contributed by atoms with Crippen molar-refractivity contribution in [1.82, 2.24) is 19.6 Å². The summed E-state index contributed by atoms with van der Waals surface area (Å²) in [5, 5.41) is 4.55. The second kappa shape index (κ2) is 5.63. The number of aryl methyl sites for hydroxylation is 2. The van der Waals surface area contributed by atoms with Gasteiger partial charge in [0.15, 0.2) is 5.65 Å². The Balaban J connectivity index is 1.71. The van der Waals surface area contributed by atoms with Gasteiger partial charge in [0.25, 0.3) is 0 Å². The lowest BCUT2D eigenvalue weighted by Crippen LogP contribution is -2.41. The van der Waals surface area contributed by atoms with Crippen molar-refractivity contribution in [3.8, 4) is 0 Å². The minimum atomic E-state index is -2.67. The van der Waals surface area contributed by atoms with Crippen LogP contribution in [0.25, 0.3) is 5.65 Å². The van der Waals surface area contributed by atoms with E-state index < -0.39 is 5.92 Å². The Morgan fingerprint density at radius 1 is 1.17 bits per heavy atom. The van der Waals surface area contributed by atoms with Crippen molar-refractivity contribution in [1.29, 1.82) is 0 Å². The highest BCUT2D eigenvalue weighted by molar-refractivity contribution is 5.49. The van der Waals surface area contributed by atoms with Crippen LogP contribution < -0.4 is 4.90 Å². The first-order valence-electron chi connectivity index (χ1n) is 8.80. The summed E-state index contributed by atoms with van der Waals surface area (Å²) in [5.74, 6) is -1.14. The average Bonchev–Trinajstić information content (AvgIpc) is 3.01. The Hall–Kier alpha value is -1.79. The molecule has 0 aromatic carbocycles. The number of fused-ring (bicyclic) bond motifs is 3. The van der Waals surface area contributed by atoms with Gasteiger partial charge >= 0.3 is 0 Å². The highest BCUT2D eigenvalue weighted by Gasteiger charge is 2.38. The lowest BCUT2D eigenvalue weighted by molar-refractivity contribution is 0.0130. The second-order valence-electron chi connectivity index (χ2n) is 7.27. The van der Waals surface area contributed by atoms with Crippen LogP contribution in [0.3, 0.4) is 0 Å². The standard InChI is InChI=1S/C17H23F2N5/c1-11-20-15-10-12(8-9-17(2,18)19)22-24(15)16(21-11)23-13-4-3-5-14(23)7-6-13/h10,13-14H,3-9H2,1-2H3/t13-,14+. The minimum Gasteiger partial charge on any atom is -0.335 e. The zero-order valence-corrected chi connectivity index (χ0v) is 14.2. The topological polar surface area (TPSA) is 46.3 Å². The van der Waals surface area contributed by atoms with E-state index in [1.807, 2.05) is 13.0 Å². The molecule has 2 aliphatic heterocycles. The Kier molecular flexibility index (Phi) is 3.69.